The molecule has 2 heterocycles. The van der Waals surface area contributed by atoms with E-state index in [9.17, 15) is 9.59 Å². The van der Waals surface area contributed by atoms with E-state index in [2.05, 4.69) is 4.98 Å². The van der Waals surface area contributed by atoms with Crippen LogP contribution in [-0.2, 0) is 16.0 Å². The average Bonchev–Trinajstić information content (AvgIpc) is 2.85. The number of hydrogen-bond acceptors (Lipinski definition) is 3. The lowest BCUT2D eigenvalue weighted by molar-refractivity contribution is -0.138. The van der Waals surface area contributed by atoms with Crippen LogP contribution in [0.3, 0.4) is 0 Å². The van der Waals surface area contributed by atoms with Gasteiger partial charge < -0.3 is 10.0 Å². The number of carbonyl (C=O) groups excluding carboxylic acids is 1. The molecule has 0 aromatic carbocycles. The third-order valence-electron chi connectivity index (χ3n) is 3.45. The predicted octanol–water partition coefficient (Wildman–Crippen LogP) is 1.34. The van der Waals surface area contributed by atoms with Crippen LogP contribution in [0.15, 0.2) is 24.5 Å². The first-order valence-electron chi connectivity index (χ1n) is 6.53. The molecule has 1 aliphatic heterocycles. The van der Waals surface area contributed by atoms with Crippen molar-refractivity contribution in [3.05, 3.63) is 30.1 Å². The lowest BCUT2D eigenvalue weighted by Gasteiger charge is -2.16. The van der Waals surface area contributed by atoms with E-state index in [0.29, 0.717) is 25.9 Å². The van der Waals surface area contributed by atoms with Crippen molar-refractivity contribution in [2.45, 2.75) is 25.7 Å². The third-order valence-corrected chi connectivity index (χ3v) is 3.45. The molecule has 1 aliphatic rings. The molecular weight excluding hydrogens is 244 g/mol. The van der Waals surface area contributed by atoms with E-state index in [0.717, 1.165) is 12.0 Å². The summed E-state index contributed by atoms with van der Waals surface area (Å²) in [6.45, 7) is 1.27. The number of aliphatic carboxylic acids is 1. The second-order valence-corrected chi connectivity index (χ2v) is 4.95. The summed E-state index contributed by atoms with van der Waals surface area (Å²) < 4.78 is 0. The lowest BCUT2D eigenvalue weighted by Crippen LogP contribution is -2.29. The zero-order chi connectivity index (χ0) is 13.7. The van der Waals surface area contributed by atoms with Crippen LogP contribution in [0, 0.1) is 5.92 Å². The number of hydrogen-bond donors (Lipinski definition) is 1. The quantitative estimate of drug-likeness (QED) is 0.869. The van der Waals surface area contributed by atoms with Crippen LogP contribution in [0.25, 0.3) is 0 Å². The van der Waals surface area contributed by atoms with Crippen molar-refractivity contribution in [1.82, 2.24) is 9.88 Å². The van der Waals surface area contributed by atoms with Crippen LogP contribution >= 0.6 is 0 Å². The Morgan fingerprint density at radius 3 is 3.00 bits per heavy atom. The van der Waals surface area contributed by atoms with Gasteiger partial charge >= 0.3 is 5.97 Å². The predicted molar refractivity (Wildman–Crippen MR) is 69.5 cm³/mol. The molecular formula is C14H18N2O3. The first-order valence-corrected chi connectivity index (χ1v) is 6.53. The molecule has 0 spiro atoms. The summed E-state index contributed by atoms with van der Waals surface area (Å²) in [5, 5.41) is 8.74. The molecule has 0 bridgehead atoms. The zero-order valence-corrected chi connectivity index (χ0v) is 10.8. The smallest absolute Gasteiger partial charge is 0.303 e. The van der Waals surface area contributed by atoms with Gasteiger partial charge in [-0.2, -0.15) is 0 Å². The van der Waals surface area contributed by atoms with E-state index in [-0.39, 0.29) is 18.2 Å². The maximum atomic E-state index is 12.0. The van der Waals surface area contributed by atoms with Gasteiger partial charge in [0.2, 0.25) is 5.91 Å². The van der Waals surface area contributed by atoms with Crippen LogP contribution in [-0.4, -0.2) is 40.0 Å². The molecule has 0 radical (unpaired) electrons. The fraction of sp³-hybridized carbons (Fsp3) is 0.500. The number of pyridine rings is 1. The Hall–Kier alpha value is -1.91. The van der Waals surface area contributed by atoms with Crippen molar-refractivity contribution in [3.8, 4) is 0 Å². The minimum absolute atomic E-state index is 0.108. The normalized spacial score (nSPS) is 18.5. The molecule has 0 saturated carbocycles. The Kier molecular flexibility index (Phi) is 4.49. The molecule has 1 unspecified atom stereocenters. The molecule has 1 saturated heterocycles. The number of nitrogens with zero attached hydrogens (tertiary/aromatic N) is 2. The Morgan fingerprint density at radius 1 is 1.47 bits per heavy atom. The molecule has 1 amide bonds. The highest BCUT2D eigenvalue weighted by molar-refractivity contribution is 5.77. The van der Waals surface area contributed by atoms with Gasteiger partial charge in [0.15, 0.2) is 0 Å². The van der Waals surface area contributed by atoms with Gasteiger partial charge in [-0.25, -0.2) is 0 Å². The molecule has 2 rings (SSSR count). The number of rotatable bonds is 5. The molecule has 0 aliphatic carbocycles. The second-order valence-electron chi connectivity index (χ2n) is 4.95. The van der Waals surface area contributed by atoms with Crippen LogP contribution in [0.1, 0.15) is 24.8 Å². The van der Waals surface area contributed by atoms with Gasteiger partial charge in [0, 0.05) is 38.3 Å². The Bertz CT molecular complexity index is 447. The minimum Gasteiger partial charge on any atom is -0.481 e. The van der Waals surface area contributed by atoms with Crippen molar-refractivity contribution in [2.75, 3.05) is 13.1 Å². The fourth-order valence-electron chi connectivity index (χ4n) is 2.43. The molecule has 1 aromatic heterocycles. The maximum absolute atomic E-state index is 12.0. The van der Waals surface area contributed by atoms with Crippen LogP contribution in [0.4, 0.5) is 0 Å². The highest BCUT2D eigenvalue weighted by atomic mass is 16.4. The summed E-state index contributed by atoms with van der Waals surface area (Å²) in [7, 11) is 0. The molecule has 1 fully saturated rings. The second kappa shape index (κ2) is 6.31. The summed E-state index contributed by atoms with van der Waals surface area (Å²) in [5.74, 6) is -0.564. The van der Waals surface area contributed by atoms with Gasteiger partial charge in [-0.3, -0.25) is 14.6 Å². The lowest BCUT2D eigenvalue weighted by atomic mass is 10.1. The van der Waals surface area contributed by atoms with Gasteiger partial charge in [-0.05, 0) is 30.4 Å². The van der Waals surface area contributed by atoms with Crippen molar-refractivity contribution in [1.29, 1.82) is 0 Å². The number of aryl methyl sites for hydroxylation is 1. The van der Waals surface area contributed by atoms with E-state index < -0.39 is 5.97 Å². The van der Waals surface area contributed by atoms with Gasteiger partial charge in [-0.1, -0.05) is 6.07 Å². The maximum Gasteiger partial charge on any atom is 0.303 e. The van der Waals surface area contributed by atoms with Crippen LogP contribution in [0.2, 0.25) is 0 Å². The standard InChI is InChI=1S/C14H18N2O3/c17-13(4-3-11-2-1-6-15-9-11)16-7-5-12(10-16)8-14(18)19/h1-2,6,9,12H,3-5,7-8,10H2,(H,18,19). The monoisotopic (exact) mass is 262 g/mol. The molecule has 1 aromatic rings. The highest BCUT2D eigenvalue weighted by Gasteiger charge is 2.27. The number of carbonyl (C=O) groups is 2. The summed E-state index contributed by atoms with van der Waals surface area (Å²) >= 11 is 0. The summed E-state index contributed by atoms with van der Waals surface area (Å²) in [6, 6.07) is 3.82. The summed E-state index contributed by atoms with van der Waals surface area (Å²) in [5.41, 5.74) is 1.05. The van der Waals surface area contributed by atoms with Crippen molar-refractivity contribution < 1.29 is 14.7 Å². The molecule has 1 atom stereocenters. The van der Waals surface area contributed by atoms with Gasteiger partial charge in [0.25, 0.3) is 0 Å². The van der Waals surface area contributed by atoms with Crippen LogP contribution < -0.4 is 0 Å². The molecule has 5 nitrogen and oxygen atoms in total. The Labute approximate surface area is 112 Å². The topological polar surface area (TPSA) is 70.5 Å². The molecule has 5 heteroatoms. The van der Waals surface area contributed by atoms with E-state index >= 15 is 0 Å². The highest BCUT2D eigenvalue weighted by Crippen LogP contribution is 2.20. The number of carboxylic acid groups (broad SMARTS) is 1. The first kappa shape index (κ1) is 13.5. The average molecular weight is 262 g/mol. The van der Waals surface area contributed by atoms with Crippen molar-refractivity contribution in [2.24, 2.45) is 5.92 Å². The van der Waals surface area contributed by atoms with Crippen molar-refractivity contribution >= 4 is 11.9 Å². The van der Waals surface area contributed by atoms with E-state index in [1.165, 1.54) is 0 Å². The number of aromatic nitrogens is 1. The first-order chi connectivity index (χ1) is 9.15. The van der Waals surface area contributed by atoms with E-state index in [1.54, 1.807) is 17.3 Å². The fourth-order valence-corrected chi connectivity index (χ4v) is 2.43. The SMILES string of the molecule is O=C(O)CC1CCN(C(=O)CCc2cccnc2)C1. The number of likely N-dealkylation sites (tertiary alicyclic amines) is 1. The van der Waals surface area contributed by atoms with Gasteiger partial charge in [-0.15, -0.1) is 0 Å². The van der Waals surface area contributed by atoms with E-state index in [4.69, 9.17) is 5.11 Å². The van der Waals surface area contributed by atoms with E-state index in [1.807, 2.05) is 12.1 Å². The largest absolute Gasteiger partial charge is 0.481 e. The van der Waals surface area contributed by atoms with Crippen molar-refractivity contribution in [3.63, 3.8) is 0 Å². The number of amides is 1. The van der Waals surface area contributed by atoms with Gasteiger partial charge in [0.05, 0.1) is 0 Å². The molecule has 102 valence electrons. The summed E-state index contributed by atoms with van der Waals surface area (Å²) in [4.78, 5) is 28.4. The molecule has 1 N–H and O–H groups in total. The minimum atomic E-state index is -0.783. The third kappa shape index (κ3) is 4.05. The zero-order valence-electron chi connectivity index (χ0n) is 10.8. The van der Waals surface area contributed by atoms with Crippen LogP contribution in [0.5, 0.6) is 0 Å². The summed E-state index contributed by atoms with van der Waals surface area (Å²) in [6.07, 6.45) is 5.59. The molecule has 19 heavy (non-hydrogen) atoms. The Morgan fingerprint density at radius 2 is 2.32 bits per heavy atom. The van der Waals surface area contributed by atoms with Gasteiger partial charge in [0.1, 0.15) is 0 Å². The Balaban J connectivity index is 1.77. The number of carboxylic acids is 1.